The number of benzene rings is 2. The highest BCUT2D eigenvalue weighted by Crippen LogP contribution is 2.48. The highest BCUT2D eigenvalue weighted by atomic mass is 19.1. The zero-order valence-corrected chi connectivity index (χ0v) is 16.4. The standard InChI is InChI=1S/C24H29FN2O/c25-23-8-4-3-7-20(23)21-15-22(21)24(28)26-16-18-9-11-19(12-10-18)17-27-13-5-1-2-6-14-27/h3-4,7-12,21-22H,1-2,5-6,13-17H2,(H,26,28). The van der Waals surface area contributed by atoms with Gasteiger partial charge in [0, 0.05) is 19.0 Å². The Bertz CT molecular complexity index is 797. The molecule has 28 heavy (non-hydrogen) atoms. The van der Waals surface area contributed by atoms with E-state index in [9.17, 15) is 9.18 Å². The minimum atomic E-state index is -0.206. The van der Waals surface area contributed by atoms with Crippen LogP contribution in [-0.2, 0) is 17.9 Å². The number of carbonyl (C=O) groups excluding carboxylic acids is 1. The van der Waals surface area contributed by atoms with Crippen LogP contribution in [0.2, 0.25) is 0 Å². The number of hydrogen-bond donors (Lipinski definition) is 1. The van der Waals surface area contributed by atoms with Gasteiger partial charge < -0.3 is 5.32 Å². The molecule has 2 aromatic rings. The van der Waals surface area contributed by atoms with Crippen molar-refractivity contribution in [2.45, 2.75) is 51.1 Å². The molecule has 2 aliphatic rings. The molecule has 1 amide bonds. The van der Waals surface area contributed by atoms with Gasteiger partial charge in [-0.2, -0.15) is 0 Å². The molecule has 0 spiro atoms. The van der Waals surface area contributed by atoms with Crippen LogP contribution in [0, 0.1) is 11.7 Å². The monoisotopic (exact) mass is 380 g/mol. The summed E-state index contributed by atoms with van der Waals surface area (Å²) in [7, 11) is 0. The molecule has 1 saturated carbocycles. The Morgan fingerprint density at radius 1 is 0.964 bits per heavy atom. The molecule has 1 aliphatic carbocycles. The highest BCUT2D eigenvalue weighted by molar-refractivity contribution is 5.82. The fourth-order valence-electron chi connectivity index (χ4n) is 4.24. The fraction of sp³-hybridized carbons (Fsp3) is 0.458. The number of nitrogens with one attached hydrogen (secondary N) is 1. The van der Waals surface area contributed by atoms with Gasteiger partial charge in [0.25, 0.3) is 0 Å². The Labute approximate surface area is 166 Å². The first-order valence-electron chi connectivity index (χ1n) is 10.5. The minimum absolute atomic E-state index is 0.0252. The molecule has 0 bridgehead atoms. The molecule has 2 aromatic carbocycles. The number of carbonyl (C=O) groups is 1. The molecular formula is C24H29FN2O. The molecule has 2 unspecified atom stereocenters. The molecule has 1 saturated heterocycles. The largest absolute Gasteiger partial charge is 0.352 e. The molecular weight excluding hydrogens is 351 g/mol. The number of nitrogens with zero attached hydrogens (tertiary/aromatic N) is 1. The van der Waals surface area contributed by atoms with Crippen molar-refractivity contribution in [3.05, 3.63) is 71.0 Å². The topological polar surface area (TPSA) is 32.3 Å². The van der Waals surface area contributed by atoms with Gasteiger partial charge in [-0.3, -0.25) is 9.69 Å². The van der Waals surface area contributed by atoms with Gasteiger partial charge in [0.2, 0.25) is 5.91 Å². The van der Waals surface area contributed by atoms with E-state index in [0.717, 1.165) is 18.5 Å². The molecule has 1 heterocycles. The molecule has 2 atom stereocenters. The van der Waals surface area contributed by atoms with E-state index >= 15 is 0 Å². The van der Waals surface area contributed by atoms with E-state index in [1.54, 1.807) is 12.1 Å². The summed E-state index contributed by atoms with van der Waals surface area (Å²) in [6, 6.07) is 15.3. The van der Waals surface area contributed by atoms with Crippen molar-refractivity contribution in [1.29, 1.82) is 0 Å². The zero-order chi connectivity index (χ0) is 19.3. The van der Waals surface area contributed by atoms with Crippen LogP contribution in [0.25, 0.3) is 0 Å². The minimum Gasteiger partial charge on any atom is -0.352 e. The van der Waals surface area contributed by atoms with Crippen molar-refractivity contribution < 1.29 is 9.18 Å². The molecule has 4 rings (SSSR count). The van der Waals surface area contributed by atoms with Gasteiger partial charge in [-0.1, -0.05) is 55.3 Å². The van der Waals surface area contributed by atoms with Crippen molar-refractivity contribution in [2.75, 3.05) is 13.1 Å². The van der Waals surface area contributed by atoms with Crippen LogP contribution >= 0.6 is 0 Å². The Hall–Kier alpha value is -2.20. The smallest absolute Gasteiger partial charge is 0.224 e. The molecule has 0 aromatic heterocycles. The number of amides is 1. The lowest BCUT2D eigenvalue weighted by Crippen LogP contribution is -2.25. The number of halogens is 1. The second-order valence-electron chi connectivity index (χ2n) is 8.19. The summed E-state index contributed by atoms with van der Waals surface area (Å²) >= 11 is 0. The Morgan fingerprint density at radius 2 is 1.64 bits per heavy atom. The van der Waals surface area contributed by atoms with Gasteiger partial charge in [-0.05, 0) is 61.0 Å². The molecule has 148 valence electrons. The van der Waals surface area contributed by atoms with Gasteiger partial charge >= 0.3 is 0 Å². The van der Waals surface area contributed by atoms with E-state index < -0.39 is 0 Å². The van der Waals surface area contributed by atoms with E-state index in [1.807, 2.05) is 6.07 Å². The molecule has 1 aliphatic heterocycles. The van der Waals surface area contributed by atoms with Crippen LogP contribution in [0.3, 0.4) is 0 Å². The van der Waals surface area contributed by atoms with Gasteiger partial charge in [-0.15, -0.1) is 0 Å². The predicted octanol–water partition coefficient (Wildman–Crippen LogP) is 4.62. The number of rotatable bonds is 6. The number of likely N-dealkylation sites (tertiary alicyclic amines) is 1. The van der Waals surface area contributed by atoms with E-state index in [1.165, 1.54) is 50.4 Å². The number of hydrogen-bond acceptors (Lipinski definition) is 2. The summed E-state index contributed by atoms with van der Waals surface area (Å²) in [5.74, 6) is -0.249. The third-order valence-corrected chi connectivity index (χ3v) is 6.03. The summed E-state index contributed by atoms with van der Waals surface area (Å²) in [6.07, 6.45) is 6.06. The molecule has 2 fully saturated rings. The summed E-state index contributed by atoms with van der Waals surface area (Å²) in [4.78, 5) is 14.9. The average molecular weight is 381 g/mol. The lowest BCUT2D eigenvalue weighted by Gasteiger charge is -2.19. The van der Waals surface area contributed by atoms with E-state index in [2.05, 4.69) is 34.5 Å². The lowest BCUT2D eigenvalue weighted by molar-refractivity contribution is -0.122. The van der Waals surface area contributed by atoms with Crippen molar-refractivity contribution in [2.24, 2.45) is 5.92 Å². The third-order valence-electron chi connectivity index (χ3n) is 6.03. The first-order valence-corrected chi connectivity index (χ1v) is 10.5. The normalized spacial score (nSPS) is 22.5. The SMILES string of the molecule is O=C(NCc1ccc(CN2CCCCCC2)cc1)C1CC1c1ccccc1F. The second-order valence-corrected chi connectivity index (χ2v) is 8.19. The average Bonchev–Trinajstić information content (AvgIpc) is 3.52. The van der Waals surface area contributed by atoms with Crippen LogP contribution in [0.1, 0.15) is 54.7 Å². The van der Waals surface area contributed by atoms with Crippen molar-refractivity contribution >= 4 is 5.91 Å². The molecule has 4 heteroatoms. The highest BCUT2D eigenvalue weighted by Gasteiger charge is 2.44. The maximum atomic E-state index is 13.9. The zero-order valence-electron chi connectivity index (χ0n) is 16.4. The predicted molar refractivity (Wildman–Crippen MR) is 109 cm³/mol. The van der Waals surface area contributed by atoms with Crippen molar-refractivity contribution in [3.8, 4) is 0 Å². The molecule has 3 nitrogen and oxygen atoms in total. The summed E-state index contributed by atoms with van der Waals surface area (Å²) in [5, 5.41) is 3.02. The van der Waals surface area contributed by atoms with Crippen molar-refractivity contribution in [3.63, 3.8) is 0 Å². The van der Waals surface area contributed by atoms with E-state index in [-0.39, 0.29) is 23.6 Å². The van der Waals surface area contributed by atoms with Crippen LogP contribution in [0.5, 0.6) is 0 Å². The maximum Gasteiger partial charge on any atom is 0.224 e. The Morgan fingerprint density at radius 3 is 2.36 bits per heavy atom. The van der Waals surface area contributed by atoms with Crippen LogP contribution in [0.15, 0.2) is 48.5 Å². The summed E-state index contributed by atoms with van der Waals surface area (Å²) < 4.78 is 13.9. The second kappa shape index (κ2) is 8.87. The first kappa shape index (κ1) is 19.1. The van der Waals surface area contributed by atoms with E-state index in [4.69, 9.17) is 0 Å². The first-order chi connectivity index (χ1) is 13.7. The maximum absolute atomic E-state index is 13.9. The Kier molecular flexibility index (Phi) is 6.06. The Balaban J connectivity index is 1.25. The summed E-state index contributed by atoms with van der Waals surface area (Å²) in [6.45, 7) is 3.94. The van der Waals surface area contributed by atoms with Gasteiger partial charge in [-0.25, -0.2) is 4.39 Å². The van der Waals surface area contributed by atoms with Gasteiger partial charge in [0.15, 0.2) is 0 Å². The molecule has 1 N–H and O–H groups in total. The van der Waals surface area contributed by atoms with Crippen LogP contribution < -0.4 is 5.32 Å². The van der Waals surface area contributed by atoms with Crippen molar-refractivity contribution in [1.82, 2.24) is 10.2 Å². The van der Waals surface area contributed by atoms with E-state index in [0.29, 0.717) is 12.1 Å². The third kappa shape index (κ3) is 4.79. The summed E-state index contributed by atoms with van der Waals surface area (Å²) in [5.41, 5.74) is 3.11. The van der Waals surface area contributed by atoms with Crippen LogP contribution in [0.4, 0.5) is 4.39 Å². The van der Waals surface area contributed by atoms with Gasteiger partial charge in [0.05, 0.1) is 0 Å². The van der Waals surface area contributed by atoms with Gasteiger partial charge in [0.1, 0.15) is 5.82 Å². The lowest BCUT2D eigenvalue weighted by atomic mass is 10.1. The molecule has 0 radical (unpaired) electrons. The quantitative estimate of drug-likeness (QED) is 0.793. The fourth-order valence-corrected chi connectivity index (χ4v) is 4.24. The van der Waals surface area contributed by atoms with Crippen LogP contribution in [-0.4, -0.2) is 23.9 Å².